The molecule has 0 atom stereocenters. The summed E-state index contributed by atoms with van der Waals surface area (Å²) in [4.78, 5) is 11.7. The summed E-state index contributed by atoms with van der Waals surface area (Å²) < 4.78 is 7.53. The zero-order valence-corrected chi connectivity index (χ0v) is 17.5. The molecule has 0 fully saturated rings. The van der Waals surface area contributed by atoms with Crippen LogP contribution in [-0.4, -0.2) is 23.4 Å². The van der Waals surface area contributed by atoms with E-state index in [2.05, 4.69) is 56.7 Å². The largest absolute Gasteiger partial charge is 0.482 e. The smallest absolute Gasteiger partial charge is 0.341 e. The number of halogens is 2. The summed E-state index contributed by atoms with van der Waals surface area (Å²) in [6.07, 6.45) is 2.19. The molecule has 0 aliphatic heterocycles. The van der Waals surface area contributed by atoms with E-state index in [0.717, 1.165) is 20.7 Å². The van der Waals surface area contributed by atoms with Gasteiger partial charge < -0.3 is 9.84 Å². The molecular weight excluding hydrogens is 503 g/mol. The van der Waals surface area contributed by atoms with Crippen LogP contribution < -0.4 is 4.74 Å². The van der Waals surface area contributed by atoms with Crippen molar-refractivity contribution < 1.29 is 14.6 Å². The van der Waals surface area contributed by atoms with Crippen molar-refractivity contribution in [3.05, 3.63) is 64.1 Å². The van der Waals surface area contributed by atoms with Gasteiger partial charge in [0, 0.05) is 18.7 Å². The van der Waals surface area contributed by atoms with Crippen molar-refractivity contribution in [3.63, 3.8) is 0 Å². The van der Waals surface area contributed by atoms with Crippen LogP contribution in [0.4, 0.5) is 0 Å². The molecule has 1 N–H and O–H groups in total. The Labute approximate surface area is 167 Å². The second-order valence-electron chi connectivity index (χ2n) is 4.98. The second-order valence-corrected chi connectivity index (χ2v) is 8.15. The average molecular weight is 519 g/mol. The Morgan fingerprint density at radius 1 is 1.29 bits per heavy atom. The van der Waals surface area contributed by atoms with Gasteiger partial charge in [-0.1, -0.05) is 34.1 Å². The monoisotopic (exact) mass is 518 g/mol. The van der Waals surface area contributed by atoms with Crippen molar-refractivity contribution in [1.82, 2.24) is 0 Å². The third-order valence-corrected chi connectivity index (χ3v) is 5.64. The Bertz CT molecular complexity index is 744. The number of carbonyl (C=O) groups is 1. The van der Waals surface area contributed by atoms with Gasteiger partial charge in [0.2, 0.25) is 0 Å². The van der Waals surface area contributed by atoms with Gasteiger partial charge in [-0.3, -0.25) is 0 Å². The number of benzene rings is 2. The van der Waals surface area contributed by atoms with Crippen molar-refractivity contribution in [3.8, 4) is 5.75 Å². The molecule has 0 aliphatic rings. The summed E-state index contributed by atoms with van der Waals surface area (Å²) in [5.74, 6) is 0.505. The zero-order valence-electron chi connectivity index (χ0n) is 13.0. The van der Waals surface area contributed by atoms with Crippen LogP contribution >= 0.6 is 50.3 Å². The third kappa shape index (κ3) is 6.14. The minimum absolute atomic E-state index is 0.318. The lowest BCUT2D eigenvalue weighted by molar-refractivity contribution is -0.139. The summed E-state index contributed by atoms with van der Waals surface area (Å²) in [6, 6.07) is 14.0. The van der Waals surface area contributed by atoms with Crippen molar-refractivity contribution in [2.24, 2.45) is 0 Å². The Kier molecular flexibility index (Phi) is 7.64. The van der Waals surface area contributed by atoms with Crippen LogP contribution in [0.15, 0.2) is 57.9 Å². The third-order valence-electron chi connectivity index (χ3n) is 3.13. The van der Waals surface area contributed by atoms with Crippen molar-refractivity contribution >= 4 is 59.8 Å². The van der Waals surface area contributed by atoms with E-state index in [4.69, 9.17) is 9.84 Å². The Balaban J connectivity index is 1.94. The minimum atomic E-state index is -0.972. The minimum Gasteiger partial charge on any atom is -0.482 e. The van der Waals surface area contributed by atoms with Crippen LogP contribution in [0, 0.1) is 6.92 Å². The number of aryl methyl sites for hydroxylation is 1. The van der Waals surface area contributed by atoms with Crippen molar-refractivity contribution in [1.29, 1.82) is 0 Å². The Hall–Kier alpha value is -0.990. The number of rotatable bonds is 7. The fourth-order valence-electron chi connectivity index (χ4n) is 1.95. The van der Waals surface area contributed by atoms with E-state index in [1.807, 2.05) is 37.3 Å². The molecule has 24 heavy (non-hydrogen) atoms. The first-order chi connectivity index (χ1) is 11.5. The van der Waals surface area contributed by atoms with E-state index in [1.54, 1.807) is 11.8 Å². The Morgan fingerprint density at radius 3 is 2.62 bits per heavy atom. The molecule has 2 aromatic rings. The zero-order chi connectivity index (χ0) is 17.5. The highest BCUT2D eigenvalue weighted by Gasteiger charge is 2.04. The van der Waals surface area contributed by atoms with Gasteiger partial charge in [0.15, 0.2) is 6.61 Å². The summed E-state index contributed by atoms with van der Waals surface area (Å²) in [5.41, 5.74) is 2.14. The maximum absolute atomic E-state index is 10.6. The fourth-order valence-corrected chi connectivity index (χ4v) is 3.96. The van der Waals surface area contributed by atoms with Crippen LogP contribution in [0.25, 0.3) is 3.58 Å². The molecule has 0 saturated heterocycles. The highest BCUT2D eigenvalue weighted by molar-refractivity contribution is 14.1. The molecule has 126 valence electrons. The topological polar surface area (TPSA) is 46.5 Å². The summed E-state index contributed by atoms with van der Waals surface area (Å²) in [7, 11) is 0. The first-order valence-corrected chi connectivity index (χ1v) is 10.0. The number of ether oxygens (including phenoxy) is 1. The first-order valence-electron chi connectivity index (χ1n) is 7.15. The number of carboxylic acids is 1. The molecule has 3 nitrogen and oxygen atoms in total. The molecule has 0 saturated carbocycles. The maximum atomic E-state index is 10.6. The van der Waals surface area contributed by atoms with Gasteiger partial charge in [0.25, 0.3) is 0 Å². The lowest BCUT2D eigenvalue weighted by Gasteiger charge is -2.08. The first kappa shape index (κ1) is 19.3. The van der Waals surface area contributed by atoms with E-state index in [0.29, 0.717) is 5.75 Å². The van der Waals surface area contributed by atoms with E-state index in [1.165, 1.54) is 9.14 Å². The lowest BCUT2D eigenvalue weighted by Crippen LogP contribution is -2.09. The van der Waals surface area contributed by atoms with Gasteiger partial charge >= 0.3 is 5.97 Å². The SMILES string of the molecule is Cc1cc(SC/C=C(\I)c2ccc(Br)cc2)ccc1OCC(=O)O. The normalized spacial score (nSPS) is 11.4. The lowest BCUT2D eigenvalue weighted by atomic mass is 10.2. The van der Waals surface area contributed by atoms with Gasteiger partial charge in [-0.05, 0) is 71.0 Å². The molecule has 6 heteroatoms. The molecule has 0 radical (unpaired) electrons. The summed E-state index contributed by atoms with van der Waals surface area (Å²) in [5, 5.41) is 8.66. The second kappa shape index (κ2) is 9.48. The molecule has 0 aliphatic carbocycles. The number of hydrogen-bond donors (Lipinski definition) is 1. The number of hydrogen-bond acceptors (Lipinski definition) is 3. The van der Waals surface area contributed by atoms with E-state index >= 15 is 0 Å². The highest BCUT2D eigenvalue weighted by Crippen LogP contribution is 2.28. The van der Waals surface area contributed by atoms with E-state index in [9.17, 15) is 4.79 Å². The van der Waals surface area contributed by atoms with Gasteiger partial charge in [0.1, 0.15) is 5.75 Å². The molecule has 0 aromatic heterocycles. The molecule has 2 rings (SSSR count). The van der Waals surface area contributed by atoms with Crippen LogP contribution in [0.3, 0.4) is 0 Å². The number of carboxylic acid groups (broad SMARTS) is 1. The molecule has 2 aromatic carbocycles. The van der Waals surface area contributed by atoms with Gasteiger partial charge in [-0.25, -0.2) is 4.79 Å². The standard InChI is InChI=1S/C18H16BrIO3S/c1-12-10-15(6-7-17(12)23-11-18(21)22)24-9-8-16(20)13-2-4-14(19)5-3-13/h2-8,10H,9,11H2,1H3,(H,21,22)/b16-8-. The van der Waals surface area contributed by atoms with Crippen molar-refractivity contribution in [2.45, 2.75) is 11.8 Å². The molecular formula is C18H16BrIO3S. The van der Waals surface area contributed by atoms with Crippen LogP contribution in [0.5, 0.6) is 5.75 Å². The predicted molar refractivity (Wildman–Crippen MR) is 111 cm³/mol. The molecule has 0 bridgehead atoms. The van der Waals surface area contributed by atoms with Gasteiger partial charge in [-0.2, -0.15) is 0 Å². The molecule has 0 heterocycles. The summed E-state index contributed by atoms with van der Waals surface area (Å²) in [6.45, 7) is 1.60. The van der Waals surface area contributed by atoms with Gasteiger partial charge in [-0.15, -0.1) is 11.8 Å². The Morgan fingerprint density at radius 2 is 2.00 bits per heavy atom. The average Bonchev–Trinajstić information content (AvgIpc) is 2.54. The van der Waals surface area contributed by atoms with E-state index in [-0.39, 0.29) is 6.61 Å². The maximum Gasteiger partial charge on any atom is 0.341 e. The van der Waals surface area contributed by atoms with Crippen LogP contribution in [-0.2, 0) is 4.79 Å². The van der Waals surface area contributed by atoms with Crippen molar-refractivity contribution in [2.75, 3.05) is 12.4 Å². The predicted octanol–water partition coefficient (Wildman–Crippen LogP) is 5.79. The summed E-state index contributed by atoms with van der Waals surface area (Å²) >= 11 is 7.52. The fraction of sp³-hybridized carbons (Fsp3) is 0.167. The number of thioether (sulfide) groups is 1. The molecule has 0 unspecified atom stereocenters. The quantitative estimate of drug-likeness (QED) is 0.372. The number of aliphatic carboxylic acids is 1. The highest BCUT2D eigenvalue weighted by atomic mass is 127. The van der Waals surface area contributed by atoms with Gasteiger partial charge in [0.05, 0.1) is 0 Å². The van der Waals surface area contributed by atoms with Crippen LogP contribution in [0.1, 0.15) is 11.1 Å². The molecule has 0 spiro atoms. The van der Waals surface area contributed by atoms with Crippen LogP contribution in [0.2, 0.25) is 0 Å². The van der Waals surface area contributed by atoms with E-state index < -0.39 is 5.97 Å². The molecule has 0 amide bonds.